The van der Waals surface area contributed by atoms with E-state index in [-0.39, 0.29) is 19.3 Å². The minimum atomic E-state index is -0.274. The molecule has 4 heterocycles. The molecule has 1 fully saturated rings. The van der Waals surface area contributed by atoms with Crippen molar-refractivity contribution in [3.8, 4) is 22.6 Å². The maximum atomic E-state index is 13.7. The molecule has 0 amide bonds. The Hall–Kier alpha value is -4.10. The van der Waals surface area contributed by atoms with Gasteiger partial charge in [0, 0.05) is 24.5 Å². The molecular formula is C30H31FN6. The Morgan fingerprint density at radius 3 is 2.49 bits per heavy atom. The van der Waals surface area contributed by atoms with E-state index in [1.165, 1.54) is 24.1 Å². The van der Waals surface area contributed by atoms with Gasteiger partial charge in [0.1, 0.15) is 11.5 Å². The highest BCUT2D eigenvalue weighted by Crippen LogP contribution is 2.33. The second kappa shape index (κ2) is 10.5. The first kappa shape index (κ1) is 24.6. The fourth-order valence-corrected chi connectivity index (χ4v) is 4.62. The highest BCUT2D eigenvalue weighted by Gasteiger charge is 2.20. The molecule has 1 saturated heterocycles. The molecule has 0 saturated carbocycles. The van der Waals surface area contributed by atoms with Crippen molar-refractivity contribution >= 4 is 11.6 Å². The average Bonchev–Trinajstić information content (AvgIpc) is 3.26. The van der Waals surface area contributed by atoms with Crippen LogP contribution in [0.3, 0.4) is 0 Å². The smallest absolute Gasteiger partial charge is 0.223 e. The molecule has 0 spiro atoms. The molecule has 6 nitrogen and oxygen atoms in total. The molecule has 6 rings (SSSR count). The third-order valence-corrected chi connectivity index (χ3v) is 6.71. The number of anilines is 1. The van der Waals surface area contributed by atoms with E-state index in [9.17, 15) is 4.39 Å². The summed E-state index contributed by atoms with van der Waals surface area (Å²) < 4.78 is 15.8. The summed E-state index contributed by atoms with van der Waals surface area (Å²) in [5.74, 6) is 0.266. The third-order valence-electron chi connectivity index (χ3n) is 6.71. The van der Waals surface area contributed by atoms with E-state index in [1.54, 1.807) is 18.3 Å². The molecule has 2 aromatic carbocycles. The topological polar surface area (TPSA) is 58.4 Å². The Balaban J connectivity index is 0.00000280. The zero-order chi connectivity index (χ0) is 24.5. The quantitative estimate of drug-likeness (QED) is 0.276. The van der Waals surface area contributed by atoms with Crippen LogP contribution in [0.25, 0.3) is 28.3 Å². The maximum absolute atomic E-state index is 13.7. The van der Waals surface area contributed by atoms with Crippen LogP contribution in [0.5, 0.6) is 0 Å². The largest absolute Gasteiger partial charge is 0.348 e. The van der Waals surface area contributed by atoms with Crippen molar-refractivity contribution in [2.45, 2.75) is 33.4 Å². The van der Waals surface area contributed by atoms with Crippen LogP contribution in [0.4, 0.5) is 10.3 Å². The van der Waals surface area contributed by atoms with Gasteiger partial charge in [-0.05, 0) is 80.0 Å². The standard InChI is InChI=1S/C29H27FN6.CH4/c1-20(22-6-3-2-4-7-22)32-29-31-14-12-25(33-29)28-27(23-8-10-24(30)11-9-23)34-26-18-21(13-17-36(26)28)19-35-15-5-16-35;/h2-4,6-14,17-18,20H,5,15-16,19H2,1H3,(H,31,32,33);1H4/t20-;/m0./s1. The Labute approximate surface area is 216 Å². The first-order valence-corrected chi connectivity index (χ1v) is 12.3. The summed E-state index contributed by atoms with van der Waals surface area (Å²) in [6.07, 6.45) is 5.08. The highest BCUT2D eigenvalue weighted by atomic mass is 19.1. The van der Waals surface area contributed by atoms with Crippen LogP contribution in [0.2, 0.25) is 0 Å². The van der Waals surface area contributed by atoms with Crippen molar-refractivity contribution in [1.29, 1.82) is 0 Å². The zero-order valence-electron chi connectivity index (χ0n) is 20.1. The van der Waals surface area contributed by atoms with Crippen LogP contribution in [0.15, 0.2) is 85.2 Å². The number of halogens is 1. The van der Waals surface area contributed by atoms with Crippen LogP contribution in [-0.4, -0.2) is 37.3 Å². The molecule has 3 aromatic heterocycles. The number of rotatable bonds is 7. The van der Waals surface area contributed by atoms with Crippen molar-refractivity contribution in [1.82, 2.24) is 24.3 Å². The summed E-state index contributed by atoms with van der Waals surface area (Å²) in [5, 5.41) is 3.41. The lowest BCUT2D eigenvalue weighted by Crippen LogP contribution is -2.36. The van der Waals surface area contributed by atoms with Gasteiger partial charge >= 0.3 is 0 Å². The van der Waals surface area contributed by atoms with Crippen molar-refractivity contribution in [2.24, 2.45) is 0 Å². The van der Waals surface area contributed by atoms with Crippen LogP contribution >= 0.6 is 0 Å². The molecule has 0 unspecified atom stereocenters. The molecule has 1 aliphatic heterocycles. The molecule has 0 radical (unpaired) electrons. The monoisotopic (exact) mass is 494 g/mol. The highest BCUT2D eigenvalue weighted by molar-refractivity contribution is 5.80. The number of nitrogens with one attached hydrogen (secondary N) is 1. The molecule has 5 aromatic rings. The Kier molecular flexibility index (Phi) is 6.97. The first-order chi connectivity index (χ1) is 17.6. The Morgan fingerprint density at radius 2 is 1.76 bits per heavy atom. The number of fused-ring (bicyclic) bond motifs is 1. The lowest BCUT2D eigenvalue weighted by Gasteiger charge is -2.30. The Morgan fingerprint density at radius 1 is 0.973 bits per heavy atom. The predicted molar refractivity (Wildman–Crippen MR) is 147 cm³/mol. The normalized spacial score (nSPS) is 14.1. The predicted octanol–water partition coefficient (Wildman–Crippen LogP) is 6.61. The van der Waals surface area contributed by atoms with Crippen molar-refractivity contribution < 1.29 is 4.39 Å². The van der Waals surface area contributed by atoms with Gasteiger partial charge in [0.05, 0.1) is 23.1 Å². The molecular weight excluding hydrogens is 463 g/mol. The van der Waals surface area contributed by atoms with E-state index in [0.29, 0.717) is 5.95 Å². The minimum absolute atomic E-state index is 0. The van der Waals surface area contributed by atoms with E-state index in [2.05, 4.69) is 57.0 Å². The third kappa shape index (κ3) is 5.08. The van der Waals surface area contributed by atoms with Gasteiger partial charge in [0.15, 0.2) is 0 Å². The lowest BCUT2D eigenvalue weighted by atomic mass is 10.1. The molecule has 1 atom stereocenters. The van der Waals surface area contributed by atoms with Gasteiger partial charge in [-0.3, -0.25) is 9.30 Å². The van der Waals surface area contributed by atoms with Crippen molar-refractivity contribution in [2.75, 3.05) is 18.4 Å². The van der Waals surface area contributed by atoms with Crippen LogP contribution in [0.1, 0.15) is 37.9 Å². The van der Waals surface area contributed by atoms with Gasteiger partial charge in [0.2, 0.25) is 5.95 Å². The molecule has 0 aliphatic carbocycles. The molecule has 37 heavy (non-hydrogen) atoms. The van der Waals surface area contributed by atoms with E-state index >= 15 is 0 Å². The molecule has 1 aliphatic rings. The van der Waals surface area contributed by atoms with E-state index < -0.39 is 0 Å². The number of pyridine rings is 1. The molecule has 1 N–H and O–H groups in total. The SMILES string of the molecule is C.C[C@H](Nc1nccc(-c2c(-c3ccc(F)cc3)nc3cc(CN4CCC4)ccn23)n1)c1ccccc1. The fraction of sp³-hybridized carbons (Fsp3) is 0.233. The van der Waals surface area contributed by atoms with Crippen LogP contribution < -0.4 is 5.32 Å². The average molecular weight is 495 g/mol. The number of hydrogen-bond donors (Lipinski definition) is 1. The van der Waals surface area contributed by atoms with Gasteiger partial charge in [0.25, 0.3) is 0 Å². The van der Waals surface area contributed by atoms with Gasteiger partial charge in [-0.1, -0.05) is 37.8 Å². The number of hydrogen-bond acceptors (Lipinski definition) is 5. The minimum Gasteiger partial charge on any atom is -0.348 e. The fourth-order valence-electron chi connectivity index (χ4n) is 4.62. The molecule has 0 bridgehead atoms. The second-order valence-electron chi connectivity index (χ2n) is 9.25. The lowest BCUT2D eigenvalue weighted by molar-refractivity contribution is 0.172. The number of aromatic nitrogens is 4. The second-order valence-corrected chi connectivity index (χ2v) is 9.25. The number of benzene rings is 2. The Bertz CT molecular complexity index is 1490. The van der Waals surface area contributed by atoms with Gasteiger partial charge in [-0.2, -0.15) is 0 Å². The molecule has 7 heteroatoms. The summed E-state index contributed by atoms with van der Waals surface area (Å²) in [7, 11) is 0. The summed E-state index contributed by atoms with van der Waals surface area (Å²) in [5.41, 5.74) is 6.42. The number of likely N-dealkylation sites (tertiary alicyclic amines) is 1. The summed E-state index contributed by atoms with van der Waals surface area (Å²) >= 11 is 0. The summed E-state index contributed by atoms with van der Waals surface area (Å²) in [6.45, 7) is 5.29. The van der Waals surface area contributed by atoms with E-state index in [4.69, 9.17) is 9.97 Å². The summed E-state index contributed by atoms with van der Waals surface area (Å²) in [4.78, 5) is 16.7. The zero-order valence-corrected chi connectivity index (χ0v) is 20.1. The van der Waals surface area contributed by atoms with Gasteiger partial charge in [-0.25, -0.2) is 19.3 Å². The van der Waals surface area contributed by atoms with Gasteiger partial charge < -0.3 is 5.32 Å². The molecule has 188 valence electrons. The number of imidazole rings is 1. The van der Waals surface area contributed by atoms with E-state index in [0.717, 1.165) is 53.5 Å². The van der Waals surface area contributed by atoms with Crippen molar-refractivity contribution in [3.05, 3.63) is 102 Å². The van der Waals surface area contributed by atoms with E-state index in [1.807, 2.05) is 24.3 Å². The number of nitrogens with zero attached hydrogens (tertiary/aromatic N) is 5. The van der Waals surface area contributed by atoms with Gasteiger partial charge in [-0.15, -0.1) is 0 Å². The van der Waals surface area contributed by atoms with Crippen LogP contribution in [0, 0.1) is 5.82 Å². The first-order valence-electron chi connectivity index (χ1n) is 12.3. The van der Waals surface area contributed by atoms with Crippen LogP contribution in [-0.2, 0) is 6.54 Å². The summed E-state index contributed by atoms with van der Waals surface area (Å²) in [6, 6.07) is 22.9. The van der Waals surface area contributed by atoms with Crippen molar-refractivity contribution in [3.63, 3.8) is 0 Å². The maximum Gasteiger partial charge on any atom is 0.223 e.